The monoisotopic (exact) mass is 558 g/mol. The zero-order valence-electron chi connectivity index (χ0n) is 20.6. The van der Waals surface area contributed by atoms with Crippen LogP contribution in [0.2, 0.25) is 0 Å². The first kappa shape index (κ1) is 26.0. The molecule has 0 atom stereocenters. The summed E-state index contributed by atoms with van der Waals surface area (Å²) in [5.74, 6) is 1.39. The Labute approximate surface area is 225 Å². The van der Waals surface area contributed by atoms with Crippen LogP contribution in [0.1, 0.15) is 32.6 Å². The van der Waals surface area contributed by atoms with Crippen molar-refractivity contribution in [3.05, 3.63) is 123 Å². The molecule has 4 rings (SSSR count). The molecule has 0 aromatic heterocycles. The molecule has 0 fully saturated rings. The summed E-state index contributed by atoms with van der Waals surface area (Å²) >= 11 is 3.54. The number of benzene rings is 4. The van der Waals surface area contributed by atoms with Gasteiger partial charge in [0.2, 0.25) is 0 Å². The molecule has 0 saturated heterocycles. The first-order chi connectivity index (χ1) is 18.0. The van der Waals surface area contributed by atoms with Crippen LogP contribution in [0.5, 0.6) is 17.2 Å². The number of ether oxygens (including phenoxy) is 3. The maximum atomic E-state index is 12.6. The Balaban J connectivity index is 1.32. The highest BCUT2D eigenvalue weighted by Gasteiger charge is 2.11. The second-order valence-electron chi connectivity index (χ2n) is 8.30. The van der Waals surface area contributed by atoms with Gasteiger partial charge in [-0.1, -0.05) is 60.2 Å². The first-order valence-electron chi connectivity index (χ1n) is 11.7. The highest BCUT2D eigenvalue weighted by Crippen LogP contribution is 2.29. The predicted molar refractivity (Wildman–Crippen MR) is 148 cm³/mol. The van der Waals surface area contributed by atoms with Gasteiger partial charge in [0.05, 0.1) is 17.8 Å². The Hall–Kier alpha value is -4.10. The SMILES string of the molecule is COc1cc(C(=O)N/N=C/c2ccc(OCc3ccc(C)cc3)c(Br)c2)ccc1OCc1ccccc1. The minimum Gasteiger partial charge on any atom is -0.493 e. The number of nitrogens with zero attached hydrogens (tertiary/aromatic N) is 1. The van der Waals surface area contributed by atoms with E-state index in [0.717, 1.165) is 26.9 Å². The number of methoxy groups -OCH3 is 1. The molecule has 7 heteroatoms. The number of amides is 1. The molecule has 1 amide bonds. The second kappa shape index (κ2) is 12.7. The third kappa shape index (κ3) is 7.44. The molecular weight excluding hydrogens is 532 g/mol. The van der Waals surface area contributed by atoms with Gasteiger partial charge in [0.15, 0.2) is 11.5 Å². The van der Waals surface area contributed by atoms with E-state index in [1.807, 2.05) is 60.7 Å². The summed E-state index contributed by atoms with van der Waals surface area (Å²) in [6.07, 6.45) is 1.57. The molecule has 37 heavy (non-hydrogen) atoms. The van der Waals surface area contributed by atoms with Crippen molar-refractivity contribution >= 4 is 28.1 Å². The third-order valence-electron chi connectivity index (χ3n) is 5.51. The van der Waals surface area contributed by atoms with Crippen LogP contribution >= 0.6 is 15.9 Å². The summed E-state index contributed by atoms with van der Waals surface area (Å²) in [6.45, 7) is 2.93. The molecule has 0 heterocycles. The molecule has 0 aliphatic rings. The van der Waals surface area contributed by atoms with E-state index < -0.39 is 0 Å². The lowest BCUT2D eigenvalue weighted by atomic mass is 10.2. The van der Waals surface area contributed by atoms with E-state index in [4.69, 9.17) is 14.2 Å². The summed E-state index contributed by atoms with van der Waals surface area (Å²) in [4.78, 5) is 12.6. The molecule has 0 aliphatic carbocycles. The van der Waals surface area contributed by atoms with E-state index in [0.29, 0.717) is 30.3 Å². The molecule has 6 nitrogen and oxygen atoms in total. The lowest BCUT2D eigenvalue weighted by molar-refractivity contribution is 0.0954. The number of hydrogen-bond acceptors (Lipinski definition) is 5. The maximum Gasteiger partial charge on any atom is 0.271 e. The van der Waals surface area contributed by atoms with Crippen molar-refractivity contribution in [1.29, 1.82) is 0 Å². The molecular formula is C30H27BrN2O4. The van der Waals surface area contributed by atoms with Crippen molar-refractivity contribution in [1.82, 2.24) is 5.43 Å². The molecule has 0 unspecified atom stereocenters. The number of carbonyl (C=O) groups excluding carboxylic acids is 1. The average molecular weight is 559 g/mol. The van der Waals surface area contributed by atoms with Crippen LogP contribution in [-0.2, 0) is 13.2 Å². The van der Waals surface area contributed by atoms with Crippen LogP contribution in [-0.4, -0.2) is 19.2 Å². The van der Waals surface area contributed by atoms with Crippen LogP contribution < -0.4 is 19.6 Å². The number of carbonyl (C=O) groups is 1. The highest BCUT2D eigenvalue weighted by molar-refractivity contribution is 9.10. The lowest BCUT2D eigenvalue weighted by Gasteiger charge is -2.12. The summed E-state index contributed by atoms with van der Waals surface area (Å²) in [5.41, 5.74) is 7.10. The van der Waals surface area contributed by atoms with E-state index in [1.54, 1.807) is 24.4 Å². The Morgan fingerprint density at radius 3 is 2.22 bits per heavy atom. The number of rotatable bonds is 10. The van der Waals surface area contributed by atoms with Crippen molar-refractivity contribution in [2.24, 2.45) is 5.10 Å². The van der Waals surface area contributed by atoms with Crippen molar-refractivity contribution < 1.29 is 19.0 Å². The molecule has 188 valence electrons. The molecule has 4 aromatic rings. The summed E-state index contributed by atoms with van der Waals surface area (Å²) in [6, 6.07) is 28.7. The number of hydrogen-bond donors (Lipinski definition) is 1. The zero-order valence-corrected chi connectivity index (χ0v) is 22.2. The van der Waals surface area contributed by atoms with Crippen molar-refractivity contribution in [3.8, 4) is 17.2 Å². The fraction of sp³-hybridized carbons (Fsp3) is 0.133. The van der Waals surface area contributed by atoms with E-state index in [-0.39, 0.29) is 5.91 Å². The van der Waals surface area contributed by atoms with Gasteiger partial charge in [0, 0.05) is 5.56 Å². The fourth-order valence-electron chi connectivity index (χ4n) is 3.45. The van der Waals surface area contributed by atoms with Gasteiger partial charge in [0.1, 0.15) is 19.0 Å². The standard InChI is InChI=1S/C30H27BrN2O4/c1-21-8-10-23(11-9-21)20-36-27-14-12-24(16-26(27)31)18-32-33-30(34)25-13-15-28(29(17-25)35-2)37-19-22-6-4-3-5-7-22/h3-18H,19-20H2,1-2H3,(H,33,34)/b32-18+. The van der Waals surface area contributed by atoms with Crippen LogP contribution in [0.15, 0.2) is 101 Å². The molecule has 1 N–H and O–H groups in total. The van der Waals surface area contributed by atoms with Gasteiger partial charge in [-0.25, -0.2) is 5.43 Å². The number of hydrazone groups is 1. The summed E-state index contributed by atoms with van der Waals surface area (Å²) in [7, 11) is 1.54. The highest BCUT2D eigenvalue weighted by atomic mass is 79.9. The van der Waals surface area contributed by atoms with Crippen molar-refractivity contribution in [2.75, 3.05) is 7.11 Å². The van der Waals surface area contributed by atoms with Crippen LogP contribution in [0.25, 0.3) is 0 Å². The van der Waals surface area contributed by atoms with Gasteiger partial charge in [-0.3, -0.25) is 4.79 Å². The van der Waals surface area contributed by atoms with Crippen LogP contribution in [0, 0.1) is 6.92 Å². The Morgan fingerprint density at radius 2 is 1.51 bits per heavy atom. The quantitative estimate of drug-likeness (QED) is 0.174. The largest absolute Gasteiger partial charge is 0.493 e. The molecule has 4 aromatic carbocycles. The van der Waals surface area contributed by atoms with Gasteiger partial charge in [-0.15, -0.1) is 0 Å². The molecule has 0 spiro atoms. The lowest BCUT2D eigenvalue weighted by Crippen LogP contribution is -2.17. The Kier molecular flexibility index (Phi) is 8.94. The van der Waals surface area contributed by atoms with E-state index in [1.165, 1.54) is 12.7 Å². The van der Waals surface area contributed by atoms with E-state index in [2.05, 4.69) is 45.5 Å². The Bertz CT molecular complexity index is 1370. The van der Waals surface area contributed by atoms with Crippen LogP contribution in [0.4, 0.5) is 0 Å². The van der Waals surface area contributed by atoms with Crippen LogP contribution in [0.3, 0.4) is 0 Å². The van der Waals surface area contributed by atoms with Gasteiger partial charge in [-0.05, 0) is 75.9 Å². The van der Waals surface area contributed by atoms with E-state index >= 15 is 0 Å². The Morgan fingerprint density at radius 1 is 0.838 bits per heavy atom. The molecule has 0 radical (unpaired) electrons. The van der Waals surface area contributed by atoms with Gasteiger partial charge in [0.25, 0.3) is 5.91 Å². The molecule has 0 saturated carbocycles. The number of aryl methyl sites for hydroxylation is 1. The van der Waals surface area contributed by atoms with Crippen molar-refractivity contribution in [2.45, 2.75) is 20.1 Å². The normalized spacial score (nSPS) is 10.8. The average Bonchev–Trinajstić information content (AvgIpc) is 2.92. The van der Waals surface area contributed by atoms with Gasteiger partial charge < -0.3 is 14.2 Å². The summed E-state index contributed by atoms with van der Waals surface area (Å²) < 4.78 is 18.0. The first-order valence-corrected chi connectivity index (χ1v) is 12.5. The summed E-state index contributed by atoms with van der Waals surface area (Å²) in [5, 5.41) is 4.09. The second-order valence-corrected chi connectivity index (χ2v) is 9.16. The number of halogens is 1. The predicted octanol–water partition coefficient (Wildman–Crippen LogP) is 6.69. The third-order valence-corrected chi connectivity index (χ3v) is 6.13. The molecule has 0 aliphatic heterocycles. The van der Waals surface area contributed by atoms with E-state index in [9.17, 15) is 4.79 Å². The topological polar surface area (TPSA) is 69.2 Å². The molecule has 0 bridgehead atoms. The van der Waals surface area contributed by atoms with Gasteiger partial charge >= 0.3 is 0 Å². The van der Waals surface area contributed by atoms with Crippen molar-refractivity contribution in [3.63, 3.8) is 0 Å². The van der Waals surface area contributed by atoms with Gasteiger partial charge in [-0.2, -0.15) is 5.10 Å². The maximum absolute atomic E-state index is 12.6. The zero-order chi connectivity index (χ0) is 26.0. The number of nitrogens with one attached hydrogen (secondary N) is 1. The fourth-order valence-corrected chi connectivity index (χ4v) is 3.96. The minimum atomic E-state index is -0.360. The minimum absolute atomic E-state index is 0.360. The smallest absolute Gasteiger partial charge is 0.271 e.